The number of aryl methyl sites for hydroxylation is 2. The highest BCUT2D eigenvalue weighted by atomic mass is 79.9. The van der Waals surface area contributed by atoms with Crippen molar-refractivity contribution in [3.8, 4) is 0 Å². The molecule has 0 aliphatic heterocycles. The lowest BCUT2D eigenvalue weighted by Gasteiger charge is -2.03. The van der Waals surface area contributed by atoms with Gasteiger partial charge in [0.2, 0.25) is 0 Å². The van der Waals surface area contributed by atoms with Crippen molar-refractivity contribution >= 4 is 21.7 Å². The van der Waals surface area contributed by atoms with Crippen molar-refractivity contribution in [3.05, 3.63) is 27.5 Å². The number of nitrogens with zero attached hydrogens (tertiary/aromatic N) is 2. The van der Waals surface area contributed by atoms with E-state index in [9.17, 15) is 4.79 Å². The van der Waals surface area contributed by atoms with Gasteiger partial charge in [0.15, 0.2) is 5.78 Å². The van der Waals surface area contributed by atoms with Crippen LogP contribution in [0.1, 0.15) is 32.2 Å². The Morgan fingerprint density at radius 1 is 1.50 bits per heavy atom. The van der Waals surface area contributed by atoms with Gasteiger partial charge < -0.3 is 0 Å². The summed E-state index contributed by atoms with van der Waals surface area (Å²) in [6.07, 6.45) is 2.08. The molecule has 0 unspecified atom stereocenters. The molecule has 0 spiro atoms. The van der Waals surface area contributed by atoms with Gasteiger partial charge in [-0.15, -0.1) is 0 Å². The molecule has 4 heteroatoms. The molecule has 0 N–H and O–H groups in total. The molecule has 1 rings (SSSR count). The Balaban J connectivity index is 2.96. The standard InChI is InChI=1S/C12H17BrN2O/c1-5-15-11(12(13)9(4)14-15)7-10(16)6-8(2)3/h6H,5,7H2,1-4H3. The van der Waals surface area contributed by atoms with Crippen LogP contribution in [0.3, 0.4) is 0 Å². The van der Waals surface area contributed by atoms with Gasteiger partial charge in [0.05, 0.1) is 22.3 Å². The summed E-state index contributed by atoms with van der Waals surface area (Å²) in [6.45, 7) is 8.59. The van der Waals surface area contributed by atoms with Crippen LogP contribution < -0.4 is 0 Å². The molecule has 0 fully saturated rings. The number of hydrogen-bond acceptors (Lipinski definition) is 2. The molecule has 1 aromatic rings. The minimum Gasteiger partial charge on any atom is -0.294 e. The number of carbonyl (C=O) groups excluding carboxylic acids is 1. The zero-order valence-electron chi connectivity index (χ0n) is 10.2. The van der Waals surface area contributed by atoms with E-state index in [2.05, 4.69) is 21.0 Å². The molecular formula is C12H17BrN2O. The first-order chi connectivity index (χ1) is 7.45. The molecule has 16 heavy (non-hydrogen) atoms. The normalized spacial score (nSPS) is 10.3. The lowest BCUT2D eigenvalue weighted by Crippen LogP contribution is -2.08. The highest BCUT2D eigenvalue weighted by Gasteiger charge is 2.14. The summed E-state index contributed by atoms with van der Waals surface area (Å²) in [6, 6.07) is 0. The van der Waals surface area contributed by atoms with Crippen molar-refractivity contribution in [2.24, 2.45) is 0 Å². The number of allylic oxidation sites excluding steroid dienone is 2. The Hall–Kier alpha value is -0.900. The Morgan fingerprint density at radius 2 is 2.12 bits per heavy atom. The molecule has 0 amide bonds. The van der Waals surface area contributed by atoms with Crippen molar-refractivity contribution in [2.45, 2.75) is 40.7 Å². The molecule has 0 saturated heterocycles. The summed E-state index contributed by atoms with van der Waals surface area (Å²) in [5.74, 6) is 0.121. The second kappa shape index (κ2) is 5.43. The maximum absolute atomic E-state index is 11.7. The van der Waals surface area contributed by atoms with Crippen LogP contribution in [0.15, 0.2) is 16.1 Å². The highest BCUT2D eigenvalue weighted by molar-refractivity contribution is 9.10. The molecule has 3 nitrogen and oxygen atoms in total. The second-order valence-corrected chi connectivity index (χ2v) is 4.82. The van der Waals surface area contributed by atoms with E-state index >= 15 is 0 Å². The van der Waals surface area contributed by atoms with Gasteiger partial charge in [0.1, 0.15) is 0 Å². The molecule has 0 aliphatic carbocycles. The average molecular weight is 285 g/mol. The van der Waals surface area contributed by atoms with Gasteiger partial charge in [-0.05, 0) is 49.7 Å². The van der Waals surface area contributed by atoms with Gasteiger partial charge in [0.25, 0.3) is 0 Å². The predicted octanol–water partition coefficient (Wildman–Crippen LogP) is 3.05. The van der Waals surface area contributed by atoms with Gasteiger partial charge >= 0.3 is 0 Å². The van der Waals surface area contributed by atoms with E-state index in [1.807, 2.05) is 32.4 Å². The van der Waals surface area contributed by atoms with E-state index in [-0.39, 0.29) is 5.78 Å². The fourth-order valence-electron chi connectivity index (χ4n) is 1.58. The van der Waals surface area contributed by atoms with E-state index in [1.165, 1.54) is 0 Å². The molecule has 0 radical (unpaired) electrons. The summed E-state index contributed by atoms with van der Waals surface area (Å²) < 4.78 is 2.82. The molecule has 1 aromatic heterocycles. The van der Waals surface area contributed by atoms with Crippen molar-refractivity contribution in [2.75, 3.05) is 0 Å². The Labute approximate surface area is 105 Å². The third-order valence-corrected chi connectivity index (χ3v) is 3.28. The SMILES string of the molecule is CCn1nc(C)c(Br)c1CC(=O)C=C(C)C. The monoisotopic (exact) mass is 284 g/mol. The van der Waals surface area contributed by atoms with E-state index in [0.717, 1.165) is 28.0 Å². The van der Waals surface area contributed by atoms with Gasteiger partial charge in [-0.1, -0.05) is 5.57 Å². The molecule has 88 valence electrons. The van der Waals surface area contributed by atoms with Crippen LogP contribution in [0.5, 0.6) is 0 Å². The third-order valence-electron chi connectivity index (χ3n) is 2.24. The summed E-state index contributed by atoms with van der Waals surface area (Å²) >= 11 is 3.48. The number of aromatic nitrogens is 2. The minimum absolute atomic E-state index is 0.121. The van der Waals surface area contributed by atoms with Crippen molar-refractivity contribution in [1.82, 2.24) is 9.78 Å². The van der Waals surface area contributed by atoms with Crippen LogP contribution in [0.25, 0.3) is 0 Å². The Morgan fingerprint density at radius 3 is 2.62 bits per heavy atom. The topological polar surface area (TPSA) is 34.9 Å². The molecule has 0 aliphatic rings. The fourth-order valence-corrected chi connectivity index (χ4v) is 2.00. The van der Waals surface area contributed by atoms with Crippen LogP contribution in [0, 0.1) is 6.92 Å². The van der Waals surface area contributed by atoms with Crippen LogP contribution in [-0.4, -0.2) is 15.6 Å². The van der Waals surface area contributed by atoms with Crippen molar-refractivity contribution < 1.29 is 4.79 Å². The van der Waals surface area contributed by atoms with Crippen molar-refractivity contribution in [3.63, 3.8) is 0 Å². The van der Waals surface area contributed by atoms with Crippen molar-refractivity contribution in [1.29, 1.82) is 0 Å². The zero-order chi connectivity index (χ0) is 12.3. The van der Waals surface area contributed by atoms with E-state index in [1.54, 1.807) is 6.08 Å². The number of carbonyl (C=O) groups is 1. The van der Waals surface area contributed by atoms with E-state index < -0.39 is 0 Å². The lowest BCUT2D eigenvalue weighted by atomic mass is 10.1. The minimum atomic E-state index is 0.121. The predicted molar refractivity (Wildman–Crippen MR) is 68.5 cm³/mol. The number of halogens is 1. The Kier molecular flexibility index (Phi) is 4.47. The lowest BCUT2D eigenvalue weighted by molar-refractivity contribution is -0.114. The molecular weight excluding hydrogens is 268 g/mol. The van der Waals surface area contributed by atoms with Gasteiger partial charge in [-0.25, -0.2) is 0 Å². The maximum Gasteiger partial charge on any atom is 0.161 e. The average Bonchev–Trinajstić information content (AvgIpc) is 2.44. The zero-order valence-corrected chi connectivity index (χ0v) is 11.8. The first-order valence-electron chi connectivity index (χ1n) is 5.35. The van der Waals surface area contributed by atoms with Crippen LogP contribution >= 0.6 is 15.9 Å². The molecule has 0 bridgehead atoms. The molecule has 0 saturated carbocycles. The maximum atomic E-state index is 11.7. The van der Waals surface area contributed by atoms with Gasteiger partial charge in [-0.2, -0.15) is 5.10 Å². The van der Waals surface area contributed by atoms with Crippen LogP contribution in [-0.2, 0) is 17.8 Å². The number of hydrogen-bond donors (Lipinski definition) is 0. The summed E-state index contributed by atoms with van der Waals surface area (Å²) in [7, 11) is 0. The smallest absolute Gasteiger partial charge is 0.161 e. The highest BCUT2D eigenvalue weighted by Crippen LogP contribution is 2.21. The summed E-state index contributed by atoms with van der Waals surface area (Å²) in [5, 5.41) is 4.36. The molecule has 0 atom stereocenters. The first kappa shape index (κ1) is 13.2. The van der Waals surface area contributed by atoms with Crippen LogP contribution in [0.2, 0.25) is 0 Å². The largest absolute Gasteiger partial charge is 0.294 e. The number of rotatable bonds is 4. The first-order valence-corrected chi connectivity index (χ1v) is 6.14. The molecule has 1 heterocycles. The Bertz CT molecular complexity index is 428. The summed E-state index contributed by atoms with van der Waals surface area (Å²) in [5.41, 5.74) is 2.92. The van der Waals surface area contributed by atoms with E-state index in [0.29, 0.717) is 6.42 Å². The fraction of sp³-hybridized carbons (Fsp3) is 0.500. The quantitative estimate of drug-likeness (QED) is 0.797. The number of ketones is 1. The van der Waals surface area contributed by atoms with E-state index in [4.69, 9.17) is 0 Å². The van der Waals surface area contributed by atoms with Crippen LogP contribution in [0.4, 0.5) is 0 Å². The summed E-state index contributed by atoms with van der Waals surface area (Å²) in [4.78, 5) is 11.7. The molecule has 0 aromatic carbocycles. The second-order valence-electron chi connectivity index (χ2n) is 4.03. The third kappa shape index (κ3) is 3.04. The van der Waals surface area contributed by atoms with Gasteiger partial charge in [-0.3, -0.25) is 9.48 Å². The van der Waals surface area contributed by atoms with Gasteiger partial charge in [0, 0.05) is 6.54 Å².